The lowest BCUT2D eigenvalue weighted by Gasteiger charge is -2.18. The molecule has 12 heteroatoms. The van der Waals surface area contributed by atoms with Crippen LogP contribution in [0, 0.1) is 5.92 Å². The van der Waals surface area contributed by atoms with Gasteiger partial charge in [-0.25, -0.2) is 4.57 Å². The summed E-state index contributed by atoms with van der Waals surface area (Å²) in [6.45, 7) is 5.46. The fraction of sp³-hybridized carbons (Fsp3) is 0.684. The number of aliphatic hydroxyl groups is 3. The van der Waals surface area contributed by atoms with E-state index < -0.39 is 57.4 Å². The number of esters is 2. The first-order chi connectivity index (χ1) is 23.9. The molecule has 11 nitrogen and oxygen atoms in total. The summed E-state index contributed by atoms with van der Waals surface area (Å²) in [5.41, 5.74) is 0. The van der Waals surface area contributed by atoms with E-state index in [1.807, 2.05) is 19.1 Å². The van der Waals surface area contributed by atoms with Gasteiger partial charge < -0.3 is 34.6 Å². The van der Waals surface area contributed by atoms with E-state index in [-0.39, 0.29) is 25.7 Å². The Bertz CT molecular complexity index is 1060. The molecule has 0 heterocycles. The van der Waals surface area contributed by atoms with Gasteiger partial charge in [-0.1, -0.05) is 139 Å². The molecule has 0 bridgehead atoms. The highest BCUT2D eigenvalue weighted by atomic mass is 31.2. The van der Waals surface area contributed by atoms with Crippen LogP contribution in [0.25, 0.3) is 0 Å². The van der Waals surface area contributed by atoms with Crippen molar-refractivity contribution >= 4 is 19.8 Å². The van der Waals surface area contributed by atoms with Crippen LogP contribution in [0.15, 0.2) is 60.8 Å². The maximum atomic E-state index is 12.3. The van der Waals surface area contributed by atoms with E-state index in [2.05, 4.69) is 18.4 Å². The summed E-state index contributed by atoms with van der Waals surface area (Å²) in [5, 5.41) is 30.1. The zero-order chi connectivity index (χ0) is 37.5. The van der Waals surface area contributed by atoms with Crippen molar-refractivity contribution in [2.75, 3.05) is 13.2 Å². The number of carbonyl (C=O) groups is 2. The maximum absolute atomic E-state index is 12.3. The van der Waals surface area contributed by atoms with E-state index >= 15 is 0 Å². The van der Waals surface area contributed by atoms with Gasteiger partial charge in [0.1, 0.15) is 6.61 Å². The van der Waals surface area contributed by atoms with Crippen LogP contribution in [-0.4, -0.2) is 74.7 Å². The van der Waals surface area contributed by atoms with Crippen LogP contribution in [0.2, 0.25) is 0 Å². The predicted octanol–water partition coefficient (Wildman–Crippen LogP) is 7.33. The molecule has 0 saturated carbocycles. The summed E-state index contributed by atoms with van der Waals surface area (Å²) in [7, 11) is -4.83. The topological polar surface area (TPSA) is 180 Å². The lowest BCUT2D eigenvalue weighted by molar-refractivity contribution is -0.161. The average molecular weight is 729 g/mol. The van der Waals surface area contributed by atoms with Crippen LogP contribution < -0.4 is 0 Å². The SMILES string of the molecule is CC/C=C\C[C@@H](O)/C=C/C=C/C=C\C=C/[C@H](O)[C@@H](O)CCCC(=O)OC[C@H](COP(=O)(O)O)OC(=O)CCCCCCCCCCC(C)CC. The fourth-order valence-corrected chi connectivity index (χ4v) is 5.05. The highest BCUT2D eigenvalue weighted by Crippen LogP contribution is 2.36. The number of rotatable bonds is 31. The number of aliphatic hydroxyl groups excluding tert-OH is 3. The Morgan fingerprint density at radius 1 is 0.700 bits per heavy atom. The summed E-state index contributed by atoms with van der Waals surface area (Å²) in [6, 6.07) is 0. The molecule has 50 heavy (non-hydrogen) atoms. The molecule has 0 aliphatic rings. The zero-order valence-corrected chi connectivity index (χ0v) is 31.4. The Hall–Kier alpha value is -2.37. The first-order valence-electron chi connectivity index (χ1n) is 18.3. The summed E-state index contributed by atoms with van der Waals surface area (Å²) in [4.78, 5) is 42.7. The number of allylic oxidation sites excluding steroid dienone is 7. The number of carbonyl (C=O) groups excluding carboxylic acids is 2. The summed E-state index contributed by atoms with van der Waals surface area (Å²) >= 11 is 0. The van der Waals surface area contributed by atoms with E-state index in [0.29, 0.717) is 12.8 Å². The molecule has 288 valence electrons. The molecule has 0 aliphatic carbocycles. The molecule has 0 amide bonds. The van der Waals surface area contributed by atoms with Crippen molar-refractivity contribution in [3.63, 3.8) is 0 Å². The van der Waals surface area contributed by atoms with E-state index in [4.69, 9.17) is 19.3 Å². The molecule has 1 unspecified atom stereocenters. The third-order valence-corrected chi connectivity index (χ3v) is 8.42. The molecule has 0 radical (unpaired) electrons. The Morgan fingerprint density at radius 2 is 1.28 bits per heavy atom. The van der Waals surface area contributed by atoms with E-state index in [1.54, 1.807) is 42.5 Å². The smallest absolute Gasteiger partial charge is 0.462 e. The van der Waals surface area contributed by atoms with Crippen molar-refractivity contribution in [1.29, 1.82) is 0 Å². The van der Waals surface area contributed by atoms with Crippen molar-refractivity contribution in [2.45, 2.75) is 148 Å². The molecule has 5 atom stereocenters. The number of phosphoric ester groups is 1. The highest BCUT2D eigenvalue weighted by molar-refractivity contribution is 7.46. The Labute approximate surface area is 300 Å². The molecular weight excluding hydrogens is 663 g/mol. The second-order valence-electron chi connectivity index (χ2n) is 12.6. The van der Waals surface area contributed by atoms with Gasteiger partial charge >= 0.3 is 19.8 Å². The number of ether oxygens (including phenoxy) is 2. The fourth-order valence-electron chi connectivity index (χ4n) is 4.69. The van der Waals surface area contributed by atoms with Crippen LogP contribution >= 0.6 is 7.82 Å². The first-order valence-corrected chi connectivity index (χ1v) is 19.8. The minimum atomic E-state index is -4.83. The molecule has 0 aromatic heterocycles. The second kappa shape index (κ2) is 31.4. The number of hydrogen-bond acceptors (Lipinski definition) is 9. The molecule has 5 N–H and O–H groups in total. The third-order valence-electron chi connectivity index (χ3n) is 7.93. The van der Waals surface area contributed by atoms with Crippen molar-refractivity contribution in [1.82, 2.24) is 0 Å². The van der Waals surface area contributed by atoms with Gasteiger partial charge in [0.05, 0.1) is 24.9 Å². The van der Waals surface area contributed by atoms with Crippen LogP contribution in [0.4, 0.5) is 0 Å². The quantitative estimate of drug-likeness (QED) is 0.0159. The normalized spacial score (nSPS) is 15.8. The molecule has 0 aromatic rings. The largest absolute Gasteiger partial charge is 0.469 e. The average Bonchev–Trinajstić information content (AvgIpc) is 3.07. The molecule has 0 saturated heterocycles. The Kier molecular flexibility index (Phi) is 29.9. The molecular formula is C38H65O11P. The van der Waals surface area contributed by atoms with Gasteiger partial charge in [-0.2, -0.15) is 0 Å². The lowest BCUT2D eigenvalue weighted by Crippen LogP contribution is -2.29. The standard InChI is InChI=1S/C38H65O11P/c1-4-6-17-24-33(39)25-19-14-11-12-15-20-26-35(40)36(41)27-22-29-37(42)47-30-34(31-48-50(44,45)46)49-38(43)28-21-16-10-8-7-9-13-18-23-32(3)5-2/h6,11-12,14-15,17,19-20,25-26,32-36,39-41H,4-5,7-10,13,16,18,21-24,27-31H2,1-3H3,(H2,44,45,46)/b14-11+,15-12-,17-6-,25-19+,26-20-/t32?,33-,34-,35+,36+/m1/s1. The summed E-state index contributed by atoms with van der Waals surface area (Å²) in [5.74, 6) is -0.431. The molecule has 0 aromatic carbocycles. The second-order valence-corrected chi connectivity index (χ2v) is 13.9. The van der Waals surface area contributed by atoms with Gasteiger partial charge in [0.2, 0.25) is 0 Å². The van der Waals surface area contributed by atoms with Gasteiger partial charge in [0, 0.05) is 12.8 Å². The molecule has 0 fully saturated rings. The van der Waals surface area contributed by atoms with Crippen LogP contribution in [-0.2, 0) is 28.2 Å². The monoisotopic (exact) mass is 728 g/mol. The van der Waals surface area contributed by atoms with Crippen molar-refractivity contribution < 1.29 is 53.3 Å². The predicted molar refractivity (Wildman–Crippen MR) is 197 cm³/mol. The van der Waals surface area contributed by atoms with Gasteiger partial charge in [-0.3, -0.25) is 14.1 Å². The van der Waals surface area contributed by atoms with Crippen LogP contribution in [0.5, 0.6) is 0 Å². The van der Waals surface area contributed by atoms with Gasteiger partial charge in [-0.15, -0.1) is 0 Å². The third kappa shape index (κ3) is 31.6. The number of unbranched alkanes of at least 4 members (excludes halogenated alkanes) is 7. The minimum absolute atomic E-state index is 0.0901. The van der Waals surface area contributed by atoms with Crippen molar-refractivity contribution in [3.8, 4) is 0 Å². The molecule has 0 spiro atoms. The number of phosphoric acid groups is 1. The highest BCUT2D eigenvalue weighted by Gasteiger charge is 2.23. The van der Waals surface area contributed by atoms with Crippen molar-refractivity contribution in [2.24, 2.45) is 5.92 Å². The Morgan fingerprint density at radius 3 is 1.90 bits per heavy atom. The van der Waals surface area contributed by atoms with Crippen LogP contribution in [0.1, 0.15) is 124 Å². The van der Waals surface area contributed by atoms with Gasteiger partial charge in [-0.05, 0) is 38.0 Å². The van der Waals surface area contributed by atoms with Gasteiger partial charge in [0.15, 0.2) is 6.10 Å². The summed E-state index contributed by atoms with van der Waals surface area (Å²) < 4.78 is 26.1. The minimum Gasteiger partial charge on any atom is -0.462 e. The van der Waals surface area contributed by atoms with Crippen LogP contribution in [0.3, 0.4) is 0 Å². The van der Waals surface area contributed by atoms with E-state index in [0.717, 1.165) is 31.6 Å². The maximum Gasteiger partial charge on any atom is 0.469 e. The van der Waals surface area contributed by atoms with Crippen molar-refractivity contribution in [3.05, 3.63) is 60.8 Å². The lowest BCUT2D eigenvalue weighted by atomic mass is 9.99. The first kappa shape index (κ1) is 47.6. The van der Waals surface area contributed by atoms with Gasteiger partial charge in [0.25, 0.3) is 0 Å². The van der Waals surface area contributed by atoms with E-state index in [9.17, 15) is 29.5 Å². The van der Waals surface area contributed by atoms with E-state index in [1.165, 1.54) is 44.6 Å². The Balaban J connectivity index is 4.38. The number of hydrogen-bond donors (Lipinski definition) is 5. The summed E-state index contributed by atoms with van der Waals surface area (Å²) in [6.07, 6.45) is 26.2. The molecule has 0 aliphatic heterocycles. The zero-order valence-electron chi connectivity index (χ0n) is 30.5. The molecule has 0 rings (SSSR count).